The minimum atomic E-state index is -4.55. The highest BCUT2D eigenvalue weighted by atomic mass is 19.4. The summed E-state index contributed by atoms with van der Waals surface area (Å²) >= 11 is 0. The average molecular weight is 514 g/mol. The molecule has 0 saturated heterocycles. The maximum absolute atomic E-state index is 13.0. The predicted molar refractivity (Wildman–Crippen MR) is 134 cm³/mol. The van der Waals surface area contributed by atoms with Crippen LogP contribution in [-0.2, 0) is 21.3 Å². The van der Waals surface area contributed by atoms with Crippen molar-refractivity contribution in [1.29, 1.82) is 0 Å². The van der Waals surface area contributed by atoms with Crippen molar-refractivity contribution in [3.63, 3.8) is 0 Å². The summed E-state index contributed by atoms with van der Waals surface area (Å²) in [5.74, 6) is -0.403. The van der Waals surface area contributed by atoms with Crippen LogP contribution in [0.15, 0.2) is 54.7 Å². The number of carbonyl (C=O) groups is 1. The Balaban J connectivity index is 1.50. The van der Waals surface area contributed by atoms with Crippen molar-refractivity contribution in [1.82, 2.24) is 9.97 Å². The van der Waals surface area contributed by atoms with Crippen LogP contribution in [-0.4, -0.2) is 28.2 Å². The van der Waals surface area contributed by atoms with Crippen LogP contribution >= 0.6 is 0 Å². The van der Waals surface area contributed by atoms with Crippen LogP contribution in [0, 0.1) is 18.8 Å². The smallest absolute Gasteiger partial charge is 0.433 e. The number of ether oxygens (including phenoxy) is 1. The predicted octanol–water partition coefficient (Wildman–Crippen LogP) is 6.40. The molecule has 0 bridgehead atoms. The number of aliphatic hydroxyl groups is 1. The normalized spacial score (nSPS) is 19.6. The van der Waals surface area contributed by atoms with Crippen LogP contribution < -0.4 is 5.32 Å². The number of hydrogen-bond acceptors (Lipinski definition) is 6. The maximum atomic E-state index is 13.0. The molecule has 37 heavy (non-hydrogen) atoms. The van der Waals surface area contributed by atoms with Gasteiger partial charge in [-0.05, 0) is 85.9 Å². The van der Waals surface area contributed by atoms with Gasteiger partial charge in [-0.3, -0.25) is 4.79 Å². The second kappa shape index (κ2) is 10.5. The number of nitrogens with zero attached hydrogens (tertiary/aromatic N) is 2. The third-order valence-corrected chi connectivity index (χ3v) is 7.14. The topological polar surface area (TPSA) is 84.3 Å². The van der Waals surface area contributed by atoms with Gasteiger partial charge in [-0.15, -0.1) is 0 Å². The van der Waals surface area contributed by atoms with E-state index in [0.717, 1.165) is 47.4 Å². The number of hydrogen-bond donors (Lipinski definition) is 2. The molecular weight excluding hydrogens is 483 g/mol. The number of nitrogens with one attached hydrogen (secondary N) is 1. The van der Waals surface area contributed by atoms with E-state index < -0.39 is 17.5 Å². The number of methoxy groups -OCH3 is 1. The molecule has 0 aliphatic heterocycles. The molecule has 2 aromatic carbocycles. The quantitative estimate of drug-likeness (QED) is 0.371. The molecule has 6 nitrogen and oxygen atoms in total. The number of carbonyl (C=O) groups excluding carboxylic acids is 1. The molecule has 4 rings (SSSR count). The van der Waals surface area contributed by atoms with Crippen molar-refractivity contribution in [3.8, 4) is 11.1 Å². The van der Waals surface area contributed by atoms with E-state index in [0.29, 0.717) is 18.5 Å². The van der Waals surface area contributed by atoms with E-state index in [1.54, 1.807) is 6.07 Å². The van der Waals surface area contributed by atoms with Gasteiger partial charge in [-0.2, -0.15) is 13.2 Å². The Morgan fingerprint density at radius 2 is 1.70 bits per heavy atom. The Labute approximate surface area is 213 Å². The molecule has 1 fully saturated rings. The molecule has 1 aliphatic rings. The Kier molecular flexibility index (Phi) is 7.54. The summed E-state index contributed by atoms with van der Waals surface area (Å²) in [7, 11) is 1.40. The van der Waals surface area contributed by atoms with E-state index in [-0.39, 0.29) is 23.8 Å². The lowest BCUT2D eigenvalue weighted by Gasteiger charge is -2.38. The van der Waals surface area contributed by atoms with E-state index in [4.69, 9.17) is 4.74 Å². The molecule has 0 amide bonds. The summed E-state index contributed by atoms with van der Waals surface area (Å²) < 4.78 is 43.9. The van der Waals surface area contributed by atoms with E-state index >= 15 is 0 Å². The van der Waals surface area contributed by atoms with Gasteiger partial charge in [0.1, 0.15) is 5.69 Å². The van der Waals surface area contributed by atoms with Crippen molar-refractivity contribution in [2.75, 3.05) is 12.4 Å². The number of aromatic nitrogens is 2. The first-order chi connectivity index (χ1) is 17.5. The van der Waals surface area contributed by atoms with Gasteiger partial charge in [0.05, 0.1) is 18.6 Å². The van der Waals surface area contributed by atoms with Crippen LogP contribution in [0.5, 0.6) is 0 Å². The lowest BCUT2D eigenvalue weighted by molar-refractivity contribution is -0.148. The van der Waals surface area contributed by atoms with Gasteiger partial charge in [-0.1, -0.05) is 30.3 Å². The third-order valence-electron chi connectivity index (χ3n) is 7.14. The molecule has 2 N–H and O–H groups in total. The molecule has 1 aliphatic carbocycles. The molecule has 0 spiro atoms. The average Bonchev–Trinajstić information content (AvgIpc) is 2.87. The largest absolute Gasteiger partial charge is 0.469 e. The van der Waals surface area contributed by atoms with Gasteiger partial charge < -0.3 is 15.2 Å². The number of alkyl halides is 3. The molecule has 9 heteroatoms. The molecule has 196 valence electrons. The van der Waals surface area contributed by atoms with Crippen molar-refractivity contribution >= 4 is 17.6 Å². The van der Waals surface area contributed by atoms with Crippen LogP contribution in [0.2, 0.25) is 0 Å². The van der Waals surface area contributed by atoms with Gasteiger partial charge >= 0.3 is 12.1 Å². The summed E-state index contributed by atoms with van der Waals surface area (Å²) in [6.45, 7) is 3.71. The standard InChI is InChI=1S/C28H30F3N3O3/c1-17-14-20(16-23(15-17)33-26-32-13-12-24(34-26)28(29,30)31)18-4-8-21(9-5-18)27(2,36)22-10-6-19(7-11-22)25(35)37-3/h4-5,8-9,12-16,19,22,36H,6-7,10-11H2,1-3H3,(H,32,33,34). The van der Waals surface area contributed by atoms with Crippen molar-refractivity contribution in [2.45, 2.75) is 51.3 Å². The van der Waals surface area contributed by atoms with Crippen molar-refractivity contribution in [2.24, 2.45) is 11.8 Å². The SMILES string of the molecule is COC(=O)C1CCC(C(C)(O)c2ccc(-c3cc(C)cc(Nc4nccc(C(F)(F)F)n4)c3)cc2)CC1. The maximum Gasteiger partial charge on any atom is 0.433 e. The number of anilines is 2. The summed E-state index contributed by atoms with van der Waals surface area (Å²) in [5.41, 5.74) is 1.96. The van der Waals surface area contributed by atoms with E-state index in [1.807, 2.05) is 50.2 Å². The molecule has 1 unspecified atom stereocenters. The van der Waals surface area contributed by atoms with Gasteiger partial charge in [0.25, 0.3) is 0 Å². The van der Waals surface area contributed by atoms with Crippen LogP contribution in [0.25, 0.3) is 11.1 Å². The van der Waals surface area contributed by atoms with E-state index in [1.165, 1.54) is 7.11 Å². The van der Waals surface area contributed by atoms with Crippen LogP contribution in [0.4, 0.5) is 24.8 Å². The molecule has 1 aromatic heterocycles. The first kappa shape index (κ1) is 26.6. The minimum absolute atomic E-state index is 0.0292. The van der Waals surface area contributed by atoms with Crippen LogP contribution in [0.1, 0.15) is 49.4 Å². The third kappa shape index (κ3) is 6.10. The Morgan fingerprint density at radius 1 is 1.03 bits per heavy atom. The second-order valence-corrected chi connectivity index (χ2v) is 9.77. The highest BCUT2D eigenvalue weighted by Gasteiger charge is 2.38. The van der Waals surface area contributed by atoms with Gasteiger partial charge in [0.15, 0.2) is 0 Å². The molecule has 1 heterocycles. The van der Waals surface area contributed by atoms with Gasteiger partial charge in [0.2, 0.25) is 5.95 Å². The van der Waals surface area contributed by atoms with E-state index in [2.05, 4.69) is 15.3 Å². The summed E-state index contributed by atoms with van der Waals surface area (Å²) in [5, 5.41) is 14.2. The fraction of sp³-hybridized carbons (Fsp3) is 0.393. The number of aryl methyl sites for hydroxylation is 1. The summed E-state index contributed by atoms with van der Waals surface area (Å²) in [6.07, 6.45) is -0.624. The Bertz CT molecular complexity index is 1250. The van der Waals surface area contributed by atoms with Crippen molar-refractivity contribution < 1.29 is 27.8 Å². The van der Waals surface area contributed by atoms with Crippen LogP contribution in [0.3, 0.4) is 0 Å². The minimum Gasteiger partial charge on any atom is -0.469 e. The first-order valence-corrected chi connectivity index (χ1v) is 12.2. The second-order valence-electron chi connectivity index (χ2n) is 9.77. The molecule has 0 radical (unpaired) electrons. The number of halogens is 3. The monoisotopic (exact) mass is 513 g/mol. The highest BCUT2D eigenvalue weighted by Crippen LogP contribution is 2.41. The zero-order chi connectivity index (χ0) is 26.8. The zero-order valence-corrected chi connectivity index (χ0v) is 21.0. The molecule has 1 atom stereocenters. The zero-order valence-electron chi connectivity index (χ0n) is 21.0. The lowest BCUT2D eigenvalue weighted by Crippen LogP contribution is -2.36. The number of esters is 1. The fourth-order valence-electron chi connectivity index (χ4n) is 5.02. The van der Waals surface area contributed by atoms with Gasteiger partial charge in [0, 0.05) is 11.9 Å². The first-order valence-electron chi connectivity index (χ1n) is 12.2. The number of benzene rings is 2. The van der Waals surface area contributed by atoms with Gasteiger partial charge in [-0.25, -0.2) is 9.97 Å². The molecule has 3 aromatic rings. The lowest BCUT2D eigenvalue weighted by atomic mass is 9.71. The molecule has 1 saturated carbocycles. The Hall–Kier alpha value is -3.46. The van der Waals surface area contributed by atoms with E-state index in [9.17, 15) is 23.1 Å². The summed E-state index contributed by atoms with van der Waals surface area (Å²) in [6, 6.07) is 14.1. The molecular formula is C28H30F3N3O3. The Morgan fingerprint density at radius 3 is 2.32 bits per heavy atom. The summed E-state index contributed by atoms with van der Waals surface area (Å²) in [4.78, 5) is 19.3. The number of rotatable bonds is 6. The van der Waals surface area contributed by atoms with Crippen molar-refractivity contribution in [3.05, 3.63) is 71.5 Å². The fourth-order valence-corrected chi connectivity index (χ4v) is 5.02. The highest BCUT2D eigenvalue weighted by molar-refractivity contribution is 5.72.